The number of aryl methyl sites for hydroxylation is 1. The van der Waals surface area contributed by atoms with Crippen LogP contribution < -0.4 is 0 Å². The molecule has 0 bridgehead atoms. The van der Waals surface area contributed by atoms with Crippen molar-refractivity contribution in [1.29, 1.82) is 0 Å². The summed E-state index contributed by atoms with van der Waals surface area (Å²) >= 11 is 8.09. The Bertz CT molecular complexity index is 519. The monoisotopic (exact) mass is 291 g/mol. The molecule has 0 N–H and O–H groups in total. The summed E-state index contributed by atoms with van der Waals surface area (Å²) < 4.78 is 0. The first-order valence-electron chi connectivity index (χ1n) is 6.97. The van der Waals surface area contributed by atoms with E-state index in [1.54, 1.807) is 11.3 Å². The molecular formula is C16H18ClNS. The van der Waals surface area contributed by atoms with Gasteiger partial charge in [-0.05, 0) is 38.0 Å². The molecule has 0 saturated heterocycles. The molecule has 0 radical (unpaired) electrons. The zero-order chi connectivity index (χ0) is 13.1. The molecule has 1 heterocycles. The molecule has 1 fully saturated rings. The lowest BCUT2D eigenvalue weighted by molar-refractivity contribution is 0.636. The Balaban J connectivity index is 1.53. The molecule has 1 aromatic carbocycles. The van der Waals surface area contributed by atoms with Crippen LogP contribution >= 0.6 is 22.9 Å². The number of thiazole rings is 1. The molecule has 100 valence electrons. The molecule has 1 aliphatic carbocycles. The summed E-state index contributed by atoms with van der Waals surface area (Å²) in [6.07, 6.45) is 6.03. The molecule has 3 rings (SSSR count). The lowest BCUT2D eigenvalue weighted by Crippen LogP contribution is -2.01. The van der Waals surface area contributed by atoms with Crippen LogP contribution in [0.1, 0.15) is 30.7 Å². The van der Waals surface area contributed by atoms with E-state index in [2.05, 4.69) is 29.6 Å². The SMILES string of the molecule is ClC(CCCc1nc(-c2ccccc2)cs1)C1CC1. The summed E-state index contributed by atoms with van der Waals surface area (Å²) in [4.78, 5) is 4.71. The van der Waals surface area contributed by atoms with Crippen molar-refractivity contribution in [2.24, 2.45) is 5.92 Å². The van der Waals surface area contributed by atoms with Crippen molar-refractivity contribution >= 4 is 22.9 Å². The number of halogens is 1. The number of nitrogens with zero attached hydrogens (tertiary/aromatic N) is 1. The molecule has 0 spiro atoms. The van der Waals surface area contributed by atoms with E-state index in [0.29, 0.717) is 5.38 Å². The Morgan fingerprint density at radius 1 is 1.26 bits per heavy atom. The summed E-state index contributed by atoms with van der Waals surface area (Å²) in [5, 5.41) is 3.79. The fourth-order valence-electron chi connectivity index (χ4n) is 2.31. The first-order valence-corrected chi connectivity index (χ1v) is 8.28. The second kappa shape index (κ2) is 6.06. The third-order valence-electron chi connectivity index (χ3n) is 3.63. The van der Waals surface area contributed by atoms with Crippen LogP contribution in [-0.2, 0) is 6.42 Å². The van der Waals surface area contributed by atoms with E-state index in [4.69, 9.17) is 16.6 Å². The van der Waals surface area contributed by atoms with Crippen LogP contribution in [0.15, 0.2) is 35.7 Å². The van der Waals surface area contributed by atoms with Crippen LogP contribution in [0.2, 0.25) is 0 Å². The van der Waals surface area contributed by atoms with E-state index in [1.807, 2.05) is 6.07 Å². The highest BCUT2D eigenvalue weighted by Gasteiger charge is 2.28. The van der Waals surface area contributed by atoms with Crippen molar-refractivity contribution in [3.63, 3.8) is 0 Å². The zero-order valence-electron chi connectivity index (χ0n) is 10.9. The number of hydrogen-bond donors (Lipinski definition) is 0. The topological polar surface area (TPSA) is 12.9 Å². The lowest BCUT2D eigenvalue weighted by Gasteiger charge is -2.05. The lowest BCUT2D eigenvalue weighted by atomic mass is 10.1. The third kappa shape index (κ3) is 3.58. The second-order valence-electron chi connectivity index (χ2n) is 5.24. The van der Waals surface area contributed by atoms with Gasteiger partial charge < -0.3 is 0 Å². The normalized spacial score (nSPS) is 16.5. The van der Waals surface area contributed by atoms with Crippen LogP contribution in [0.25, 0.3) is 11.3 Å². The molecule has 19 heavy (non-hydrogen) atoms. The average molecular weight is 292 g/mol. The fourth-order valence-corrected chi connectivity index (χ4v) is 3.57. The highest BCUT2D eigenvalue weighted by atomic mass is 35.5. The van der Waals surface area contributed by atoms with Crippen LogP contribution in [0.4, 0.5) is 0 Å². The van der Waals surface area contributed by atoms with Gasteiger partial charge in [0.1, 0.15) is 0 Å². The van der Waals surface area contributed by atoms with Crippen molar-refractivity contribution < 1.29 is 0 Å². The van der Waals surface area contributed by atoms with Crippen LogP contribution in [0, 0.1) is 5.92 Å². The minimum atomic E-state index is 0.397. The van der Waals surface area contributed by atoms with Gasteiger partial charge in [-0.25, -0.2) is 4.98 Å². The van der Waals surface area contributed by atoms with E-state index < -0.39 is 0 Å². The van der Waals surface area contributed by atoms with Crippen LogP contribution in [0.5, 0.6) is 0 Å². The molecule has 1 unspecified atom stereocenters. The Labute approximate surface area is 123 Å². The molecule has 1 atom stereocenters. The Morgan fingerprint density at radius 2 is 2.05 bits per heavy atom. The molecule has 1 aromatic heterocycles. The van der Waals surface area contributed by atoms with E-state index in [9.17, 15) is 0 Å². The van der Waals surface area contributed by atoms with Gasteiger partial charge in [0.25, 0.3) is 0 Å². The van der Waals surface area contributed by atoms with Gasteiger partial charge in [-0.1, -0.05) is 30.3 Å². The van der Waals surface area contributed by atoms with Gasteiger partial charge in [-0.3, -0.25) is 0 Å². The first-order chi connectivity index (χ1) is 9.33. The van der Waals surface area contributed by atoms with Crippen molar-refractivity contribution in [2.75, 3.05) is 0 Å². The maximum atomic E-state index is 6.33. The van der Waals surface area contributed by atoms with E-state index in [1.165, 1.54) is 23.4 Å². The Hall–Kier alpha value is -0.860. The molecule has 0 amide bonds. The van der Waals surface area contributed by atoms with Crippen LogP contribution in [-0.4, -0.2) is 10.4 Å². The van der Waals surface area contributed by atoms with Gasteiger partial charge in [-0.2, -0.15) is 0 Å². The summed E-state index contributed by atoms with van der Waals surface area (Å²) in [6, 6.07) is 10.4. The fraction of sp³-hybridized carbons (Fsp3) is 0.438. The van der Waals surface area contributed by atoms with Gasteiger partial charge in [0.2, 0.25) is 0 Å². The minimum Gasteiger partial charge on any atom is -0.241 e. The molecule has 1 aliphatic rings. The standard InChI is InChI=1S/C16H18ClNS/c17-14(12-9-10-12)7-4-8-16-18-15(11-19-16)13-5-2-1-3-6-13/h1-3,5-6,11-12,14H,4,7-10H2. The van der Waals surface area contributed by atoms with E-state index in [0.717, 1.165) is 30.9 Å². The third-order valence-corrected chi connectivity index (χ3v) is 5.11. The smallest absolute Gasteiger partial charge is 0.0932 e. The van der Waals surface area contributed by atoms with Gasteiger partial charge in [0, 0.05) is 16.3 Å². The number of alkyl halides is 1. The molecule has 1 saturated carbocycles. The predicted molar refractivity (Wildman–Crippen MR) is 82.9 cm³/mol. The molecule has 3 heteroatoms. The van der Waals surface area contributed by atoms with Gasteiger partial charge in [0.05, 0.1) is 10.7 Å². The van der Waals surface area contributed by atoms with Gasteiger partial charge in [0.15, 0.2) is 0 Å². The first kappa shape index (κ1) is 13.1. The number of aromatic nitrogens is 1. The maximum absolute atomic E-state index is 6.33. The van der Waals surface area contributed by atoms with Crippen molar-refractivity contribution in [3.8, 4) is 11.3 Å². The number of benzene rings is 1. The highest BCUT2D eigenvalue weighted by molar-refractivity contribution is 7.09. The van der Waals surface area contributed by atoms with Crippen LogP contribution in [0.3, 0.4) is 0 Å². The zero-order valence-corrected chi connectivity index (χ0v) is 12.5. The average Bonchev–Trinajstić information content (AvgIpc) is 3.20. The van der Waals surface area contributed by atoms with Gasteiger partial charge >= 0.3 is 0 Å². The quantitative estimate of drug-likeness (QED) is 0.671. The number of hydrogen-bond acceptors (Lipinski definition) is 2. The summed E-state index contributed by atoms with van der Waals surface area (Å²) in [5.41, 5.74) is 2.31. The molecule has 1 nitrogen and oxygen atoms in total. The Morgan fingerprint density at radius 3 is 2.79 bits per heavy atom. The van der Waals surface area contributed by atoms with E-state index in [-0.39, 0.29) is 0 Å². The maximum Gasteiger partial charge on any atom is 0.0932 e. The van der Waals surface area contributed by atoms with E-state index >= 15 is 0 Å². The summed E-state index contributed by atoms with van der Waals surface area (Å²) in [6.45, 7) is 0. The van der Waals surface area contributed by atoms with Crippen molar-refractivity contribution in [1.82, 2.24) is 4.98 Å². The largest absolute Gasteiger partial charge is 0.241 e. The highest BCUT2D eigenvalue weighted by Crippen LogP contribution is 2.37. The van der Waals surface area contributed by atoms with Crippen molar-refractivity contribution in [2.45, 2.75) is 37.5 Å². The minimum absolute atomic E-state index is 0.397. The summed E-state index contributed by atoms with van der Waals surface area (Å²) in [5.74, 6) is 0.804. The molecular weight excluding hydrogens is 274 g/mol. The molecule has 2 aromatic rings. The second-order valence-corrected chi connectivity index (χ2v) is 6.74. The number of rotatable bonds is 6. The summed E-state index contributed by atoms with van der Waals surface area (Å²) in [7, 11) is 0. The van der Waals surface area contributed by atoms with Crippen molar-refractivity contribution in [3.05, 3.63) is 40.7 Å². The Kier molecular flexibility index (Phi) is 4.19. The van der Waals surface area contributed by atoms with Gasteiger partial charge in [-0.15, -0.1) is 22.9 Å². The predicted octanol–water partition coefficient (Wildman–Crippen LogP) is 5.15. The molecule has 0 aliphatic heterocycles.